The standard InChI is InChI=1S/C39H40N6O11S/c1-4-43-19-20-44(32(49)31(43)48)36(52)41-28(26-15-17-27(18-16-26)56-37(53)55-22-25-13-9-6-10-14-25)30(47)42-39(40-23-46)34(51)45-29(38(2,3)57-35(39)45)33(50)54-21-24-11-7-5-8-12-24/h5-18,23,28-29,35H,4,19-22H2,1-3H3,(H,40,46)(H,41,52)(H,42,47)/t28?,29-,35+,39+/m0/s1. The second-order valence-electron chi connectivity index (χ2n) is 13.8. The van der Waals surface area contributed by atoms with E-state index < -0.39 is 69.7 Å². The van der Waals surface area contributed by atoms with Gasteiger partial charge in [0.1, 0.15) is 36.4 Å². The molecule has 18 heteroatoms. The van der Waals surface area contributed by atoms with Crippen LogP contribution in [-0.4, -0.2) is 104 Å². The number of ether oxygens (including phenoxy) is 3. The van der Waals surface area contributed by atoms with Gasteiger partial charge in [-0.25, -0.2) is 14.4 Å². The summed E-state index contributed by atoms with van der Waals surface area (Å²) in [5, 5.41) is 6.50. The Morgan fingerprint density at radius 2 is 1.47 bits per heavy atom. The number of carbonyl (C=O) groups is 8. The van der Waals surface area contributed by atoms with Gasteiger partial charge in [-0.2, -0.15) is 0 Å². The van der Waals surface area contributed by atoms with E-state index >= 15 is 0 Å². The number of rotatable bonds is 13. The molecule has 3 aliphatic rings. The van der Waals surface area contributed by atoms with Gasteiger partial charge >= 0.3 is 30.0 Å². The van der Waals surface area contributed by atoms with Crippen LogP contribution in [0.4, 0.5) is 9.59 Å². The molecule has 298 valence electrons. The number of benzene rings is 3. The number of nitrogens with zero attached hydrogens (tertiary/aromatic N) is 3. The Morgan fingerprint density at radius 3 is 2.07 bits per heavy atom. The van der Waals surface area contributed by atoms with Crippen LogP contribution in [0, 0.1) is 0 Å². The third-order valence-electron chi connectivity index (χ3n) is 9.68. The average Bonchev–Trinajstić information content (AvgIpc) is 3.48. The van der Waals surface area contributed by atoms with Crippen LogP contribution in [0.15, 0.2) is 84.9 Å². The topological polar surface area (TPSA) is 210 Å². The van der Waals surface area contributed by atoms with Gasteiger partial charge in [0.05, 0.1) is 0 Å². The molecule has 0 aromatic heterocycles. The van der Waals surface area contributed by atoms with Crippen molar-refractivity contribution in [1.29, 1.82) is 0 Å². The van der Waals surface area contributed by atoms with Crippen LogP contribution in [0.5, 0.6) is 5.75 Å². The lowest BCUT2D eigenvalue weighted by molar-refractivity contribution is -0.174. The molecule has 3 N–H and O–H groups in total. The molecule has 3 fully saturated rings. The Bertz CT molecular complexity index is 2050. The zero-order chi connectivity index (χ0) is 40.9. The van der Waals surface area contributed by atoms with E-state index in [1.165, 1.54) is 34.1 Å². The molecule has 4 atom stereocenters. The summed E-state index contributed by atoms with van der Waals surface area (Å²) in [4.78, 5) is 109. The molecule has 17 nitrogen and oxygen atoms in total. The molecule has 0 aliphatic carbocycles. The Labute approximate surface area is 331 Å². The normalized spacial score (nSPS) is 21.4. The maximum Gasteiger partial charge on any atom is 0.514 e. The fourth-order valence-electron chi connectivity index (χ4n) is 6.73. The van der Waals surface area contributed by atoms with Crippen molar-refractivity contribution >= 4 is 60.0 Å². The molecule has 3 saturated heterocycles. The van der Waals surface area contributed by atoms with E-state index in [0.29, 0.717) is 4.90 Å². The van der Waals surface area contributed by atoms with Gasteiger partial charge in [-0.3, -0.25) is 28.9 Å². The molecule has 0 bridgehead atoms. The Balaban J connectivity index is 1.22. The lowest BCUT2D eigenvalue weighted by Gasteiger charge is -2.52. The molecule has 3 aromatic rings. The summed E-state index contributed by atoms with van der Waals surface area (Å²) < 4.78 is 15.1. The number of urea groups is 1. The zero-order valence-corrected chi connectivity index (χ0v) is 32.0. The number of likely N-dealkylation sites (N-methyl/N-ethyl adjacent to an activating group) is 1. The van der Waals surface area contributed by atoms with Crippen LogP contribution in [-0.2, 0) is 51.5 Å². The maximum absolute atomic E-state index is 14.3. The molecule has 3 heterocycles. The lowest BCUT2D eigenvalue weighted by atomic mass is 9.90. The number of piperazine rings is 1. The predicted octanol–water partition coefficient (Wildman–Crippen LogP) is 2.21. The highest BCUT2D eigenvalue weighted by molar-refractivity contribution is 8.01. The molecule has 7 amide bonds. The maximum atomic E-state index is 14.3. The number of amides is 7. The average molecular weight is 801 g/mol. The van der Waals surface area contributed by atoms with Gasteiger partial charge in [-0.15, -0.1) is 11.8 Å². The van der Waals surface area contributed by atoms with Crippen molar-refractivity contribution in [3.05, 3.63) is 102 Å². The summed E-state index contributed by atoms with van der Waals surface area (Å²) in [6, 6.07) is 19.5. The first kappa shape index (κ1) is 40.2. The van der Waals surface area contributed by atoms with E-state index in [9.17, 15) is 38.4 Å². The predicted molar refractivity (Wildman–Crippen MR) is 201 cm³/mol. The Morgan fingerprint density at radius 1 is 0.860 bits per heavy atom. The summed E-state index contributed by atoms with van der Waals surface area (Å²) >= 11 is 1.15. The smallest absolute Gasteiger partial charge is 0.459 e. The van der Waals surface area contributed by atoms with Crippen molar-refractivity contribution in [3.8, 4) is 5.75 Å². The SMILES string of the molecule is CCN1CCN(C(=O)NC(C(=O)N[C@]2(NC=O)C(=O)N3[C@@H](C(=O)OCc4ccccc4)C(C)(C)S[C@@H]32)c2ccc(OC(=O)OCc3ccccc3)cc2)C(=O)C1=O. The van der Waals surface area contributed by atoms with E-state index in [1.54, 1.807) is 69.3 Å². The Hall–Kier alpha value is -6.43. The van der Waals surface area contributed by atoms with Gasteiger partial charge < -0.3 is 40.0 Å². The monoisotopic (exact) mass is 800 g/mol. The van der Waals surface area contributed by atoms with Crippen LogP contribution in [0.2, 0.25) is 0 Å². The van der Waals surface area contributed by atoms with Gasteiger partial charge in [0.25, 0.3) is 5.91 Å². The third-order valence-corrected chi connectivity index (χ3v) is 11.3. The molecular weight excluding hydrogens is 761 g/mol. The number of β-lactam (4-membered cyclic amide) rings is 1. The van der Waals surface area contributed by atoms with E-state index in [0.717, 1.165) is 22.9 Å². The quantitative estimate of drug-likeness (QED) is 0.0568. The summed E-state index contributed by atoms with van der Waals surface area (Å²) in [5.41, 5.74) is -0.497. The van der Waals surface area contributed by atoms with E-state index in [-0.39, 0.29) is 50.6 Å². The minimum atomic E-state index is -2.07. The van der Waals surface area contributed by atoms with Crippen molar-refractivity contribution < 1.29 is 52.6 Å². The minimum Gasteiger partial charge on any atom is -0.459 e. The van der Waals surface area contributed by atoms with Gasteiger partial charge in [0.2, 0.25) is 18.0 Å². The summed E-state index contributed by atoms with van der Waals surface area (Å²) in [5.74, 6) is -4.47. The highest BCUT2D eigenvalue weighted by atomic mass is 32.2. The van der Waals surface area contributed by atoms with Crippen LogP contribution in [0.1, 0.15) is 43.5 Å². The fourth-order valence-corrected chi connectivity index (χ4v) is 8.38. The largest absolute Gasteiger partial charge is 0.514 e. The van der Waals surface area contributed by atoms with Crippen molar-refractivity contribution in [1.82, 2.24) is 30.7 Å². The van der Waals surface area contributed by atoms with E-state index in [1.807, 2.05) is 12.1 Å². The van der Waals surface area contributed by atoms with Crippen LogP contribution in [0.3, 0.4) is 0 Å². The highest BCUT2D eigenvalue weighted by Crippen LogP contribution is 2.54. The van der Waals surface area contributed by atoms with Crippen molar-refractivity contribution in [2.24, 2.45) is 0 Å². The third kappa shape index (κ3) is 8.25. The molecule has 57 heavy (non-hydrogen) atoms. The highest BCUT2D eigenvalue weighted by Gasteiger charge is 2.73. The van der Waals surface area contributed by atoms with Crippen molar-refractivity contribution in [2.75, 3.05) is 19.6 Å². The van der Waals surface area contributed by atoms with Gasteiger partial charge in [0.15, 0.2) is 0 Å². The molecule has 3 aromatic carbocycles. The van der Waals surface area contributed by atoms with Crippen molar-refractivity contribution in [3.63, 3.8) is 0 Å². The number of hydrogen-bond donors (Lipinski definition) is 3. The first-order valence-corrected chi connectivity index (χ1v) is 18.8. The zero-order valence-electron chi connectivity index (χ0n) is 31.2. The first-order valence-electron chi connectivity index (χ1n) is 17.9. The Kier molecular flexibility index (Phi) is 11.8. The minimum absolute atomic E-state index is 0.0254. The van der Waals surface area contributed by atoms with Crippen LogP contribution >= 0.6 is 11.8 Å². The van der Waals surface area contributed by atoms with Gasteiger partial charge in [0, 0.05) is 24.4 Å². The molecule has 0 saturated carbocycles. The van der Waals surface area contributed by atoms with Crippen LogP contribution in [0.25, 0.3) is 0 Å². The summed E-state index contributed by atoms with van der Waals surface area (Å²) in [7, 11) is 0. The van der Waals surface area contributed by atoms with Crippen LogP contribution < -0.4 is 20.7 Å². The number of thioether (sulfide) groups is 1. The molecule has 1 unspecified atom stereocenters. The van der Waals surface area contributed by atoms with E-state index in [2.05, 4.69) is 16.0 Å². The number of fused-ring (bicyclic) bond motifs is 1. The fraction of sp³-hybridized carbons (Fsp3) is 0.333. The number of hydrogen-bond acceptors (Lipinski definition) is 12. The van der Waals surface area contributed by atoms with Gasteiger partial charge in [-0.05, 0) is 49.6 Å². The lowest BCUT2D eigenvalue weighted by Crippen LogP contribution is -2.85. The molecule has 0 radical (unpaired) electrons. The first-order chi connectivity index (χ1) is 27.3. The number of carbonyl (C=O) groups excluding carboxylic acids is 8. The second kappa shape index (κ2) is 16.7. The number of nitrogens with one attached hydrogen (secondary N) is 3. The van der Waals surface area contributed by atoms with Gasteiger partial charge in [-0.1, -0.05) is 72.8 Å². The molecule has 0 spiro atoms. The summed E-state index contributed by atoms with van der Waals surface area (Å²) in [6.07, 6.45) is -0.768. The molecule has 3 aliphatic heterocycles. The molecular formula is C39H40N6O11S. The second-order valence-corrected chi connectivity index (χ2v) is 15.5. The number of esters is 1. The van der Waals surface area contributed by atoms with Crippen molar-refractivity contribution in [2.45, 2.75) is 61.9 Å². The number of imide groups is 1. The summed E-state index contributed by atoms with van der Waals surface area (Å²) in [6.45, 7) is 5.21. The van der Waals surface area contributed by atoms with E-state index in [4.69, 9.17) is 14.2 Å². The molecule has 6 rings (SSSR count).